The summed E-state index contributed by atoms with van der Waals surface area (Å²) in [5, 5.41) is 29.8. The quantitative estimate of drug-likeness (QED) is 0.617. The van der Waals surface area contributed by atoms with Crippen molar-refractivity contribution in [3.8, 4) is 17.2 Å². The second-order valence-corrected chi connectivity index (χ2v) is 5.88. The molecule has 1 unspecified atom stereocenters. The molecule has 0 saturated heterocycles. The van der Waals surface area contributed by atoms with Crippen LogP contribution in [0.15, 0.2) is 36.4 Å². The second kappa shape index (κ2) is 8.39. The van der Waals surface area contributed by atoms with Crippen molar-refractivity contribution in [1.82, 2.24) is 5.32 Å². The third-order valence-electron chi connectivity index (χ3n) is 3.88. The van der Waals surface area contributed by atoms with Crippen LogP contribution in [0.5, 0.6) is 17.2 Å². The molecule has 6 heteroatoms. The number of carboxylic acid groups (broad SMARTS) is 1. The summed E-state index contributed by atoms with van der Waals surface area (Å²) in [7, 11) is 0. The molecule has 0 bridgehead atoms. The number of aryl methyl sites for hydroxylation is 2. The number of phenolic OH excluding ortho intramolecular Hbond substituents is 1. The Morgan fingerprint density at radius 3 is 2.48 bits per heavy atom. The molecule has 2 rings (SSSR count). The minimum absolute atomic E-state index is 0.177. The first kappa shape index (κ1) is 18.6. The third-order valence-corrected chi connectivity index (χ3v) is 3.88. The Bertz CT molecular complexity index is 727. The molecule has 0 aliphatic heterocycles. The van der Waals surface area contributed by atoms with Crippen LogP contribution in [0.2, 0.25) is 0 Å². The average molecular weight is 345 g/mol. The molecule has 0 aromatic heterocycles. The van der Waals surface area contributed by atoms with E-state index in [1.54, 1.807) is 24.3 Å². The summed E-state index contributed by atoms with van der Waals surface area (Å²) in [5.41, 5.74) is 2.85. The Morgan fingerprint density at radius 1 is 1.24 bits per heavy atom. The Kier molecular flexibility index (Phi) is 6.25. The van der Waals surface area contributed by atoms with Crippen molar-refractivity contribution in [3.63, 3.8) is 0 Å². The lowest BCUT2D eigenvalue weighted by Gasteiger charge is -2.18. The Hall–Kier alpha value is -2.73. The van der Waals surface area contributed by atoms with Crippen LogP contribution in [-0.4, -0.2) is 34.1 Å². The van der Waals surface area contributed by atoms with E-state index in [-0.39, 0.29) is 12.4 Å². The van der Waals surface area contributed by atoms with Crippen LogP contribution < -0.4 is 10.1 Å². The summed E-state index contributed by atoms with van der Waals surface area (Å²) in [5.74, 6) is 1.56. The van der Waals surface area contributed by atoms with E-state index < -0.39 is 12.1 Å². The smallest absolute Gasteiger partial charge is 0.404 e. The van der Waals surface area contributed by atoms with E-state index in [4.69, 9.17) is 9.84 Å². The highest BCUT2D eigenvalue weighted by Crippen LogP contribution is 2.31. The van der Waals surface area contributed by atoms with Crippen molar-refractivity contribution >= 4 is 6.09 Å². The number of ether oxygens (including phenoxy) is 1. The average Bonchev–Trinajstić information content (AvgIpc) is 2.57. The molecule has 6 nitrogen and oxygen atoms in total. The molecular formula is C19H23NO5. The highest BCUT2D eigenvalue weighted by Gasteiger charge is 2.15. The van der Waals surface area contributed by atoms with Gasteiger partial charge in [0.15, 0.2) is 0 Å². The van der Waals surface area contributed by atoms with Gasteiger partial charge in [0.1, 0.15) is 17.2 Å². The van der Waals surface area contributed by atoms with E-state index in [9.17, 15) is 15.0 Å². The fourth-order valence-electron chi connectivity index (χ4n) is 2.71. The van der Waals surface area contributed by atoms with Crippen molar-refractivity contribution in [1.29, 1.82) is 0 Å². The molecule has 134 valence electrons. The maximum Gasteiger partial charge on any atom is 0.404 e. The van der Waals surface area contributed by atoms with Gasteiger partial charge in [-0.1, -0.05) is 19.1 Å². The Balaban J connectivity index is 2.25. The van der Waals surface area contributed by atoms with Crippen molar-refractivity contribution in [2.24, 2.45) is 0 Å². The summed E-state index contributed by atoms with van der Waals surface area (Å²) in [6, 6.07) is 9.87. The molecule has 0 aliphatic rings. The monoisotopic (exact) mass is 345 g/mol. The number of aliphatic hydroxyl groups excluding tert-OH is 1. The summed E-state index contributed by atoms with van der Waals surface area (Å²) < 4.78 is 5.97. The number of phenols is 1. The number of hydrogen-bond donors (Lipinski definition) is 4. The first-order valence-electron chi connectivity index (χ1n) is 8.12. The lowest BCUT2D eigenvalue weighted by Crippen LogP contribution is -2.38. The Labute approximate surface area is 146 Å². The fraction of sp³-hybridized carbons (Fsp3) is 0.316. The zero-order valence-electron chi connectivity index (χ0n) is 14.3. The molecule has 0 aliphatic carbocycles. The highest BCUT2D eigenvalue weighted by molar-refractivity contribution is 5.65. The molecule has 1 atom stereocenters. The predicted molar refractivity (Wildman–Crippen MR) is 94.5 cm³/mol. The van der Waals surface area contributed by atoms with E-state index in [0.717, 1.165) is 28.9 Å². The number of carbonyl (C=O) groups is 1. The first-order valence-corrected chi connectivity index (χ1v) is 8.12. The van der Waals surface area contributed by atoms with E-state index >= 15 is 0 Å². The van der Waals surface area contributed by atoms with Crippen LogP contribution in [0, 0.1) is 6.92 Å². The zero-order valence-corrected chi connectivity index (χ0v) is 14.3. The summed E-state index contributed by atoms with van der Waals surface area (Å²) in [4.78, 5) is 10.8. The van der Waals surface area contributed by atoms with Gasteiger partial charge in [-0.15, -0.1) is 0 Å². The van der Waals surface area contributed by atoms with Crippen LogP contribution in [0.3, 0.4) is 0 Å². The van der Waals surface area contributed by atoms with Crippen molar-refractivity contribution in [3.05, 3.63) is 53.1 Å². The lowest BCUT2D eigenvalue weighted by atomic mass is 9.98. The topological polar surface area (TPSA) is 99.0 Å². The van der Waals surface area contributed by atoms with Gasteiger partial charge in [0.25, 0.3) is 0 Å². The molecule has 0 fully saturated rings. The number of hydrogen-bond acceptors (Lipinski definition) is 4. The molecule has 0 radical (unpaired) electrons. The van der Waals surface area contributed by atoms with E-state index in [2.05, 4.69) is 5.32 Å². The van der Waals surface area contributed by atoms with Gasteiger partial charge in [-0.25, -0.2) is 4.79 Å². The molecular weight excluding hydrogens is 322 g/mol. The summed E-state index contributed by atoms with van der Waals surface area (Å²) in [6.45, 7) is 3.68. The van der Waals surface area contributed by atoms with Crippen LogP contribution in [0.25, 0.3) is 0 Å². The second-order valence-electron chi connectivity index (χ2n) is 5.88. The Morgan fingerprint density at radius 2 is 1.92 bits per heavy atom. The molecule has 0 saturated carbocycles. The zero-order chi connectivity index (χ0) is 18.4. The number of rotatable bonds is 7. The van der Waals surface area contributed by atoms with Gasteiger partial charge in [-0.05, 0) is 60.7 Å². The van der Waals surface area contributed by atoms with Gasteiger partial charge >= 0.3 is 6.09 Å². The summed E-state index contributed by atoms with van der Waals surface area (Å²) in [6.07, 6.45) is -0.00672. The molecule has 4 N–H and O–H groups in total. The van der Waals surface area contributed by atoms with Crippen LogP contribution in [-0.2, 0) is 12.8 Å². The van der Waals surface area contributed by atoms with Crippen LogP contribution in [0.4, 0.5) is 4.79 Å². The molecule has 25 heavy (non-hydrogen) atoms. The minimum atomic E-state index is -1.15. The largest absolute Gasteiger partial charge is 0.508 e. The van der Waals surface area contributed by atoms with Gasteiger partial charge in [0.05, 0.1) is 12.6 Å². The standard InChI is InChI=1S/C19H23NO5/c1-3-14-9-13(10-15(11-21)20-19(23)24)8-12(2)18(14)25-17-6-4-16(22)5-7-17/h4-9,15,20-22H,3,10-11H2,1-2H3,(H,23,24). The first-order chi connectivity index (χ1) is 11.9. The predicted octanol–water partition coefficient (Wildman–Crippen LogP) is 3.23. The summed E-state index contributed by atoms with van der Waals surface area (Å²) >= 11 is 0. The van der Waals surface area contributed by atoms with Crippen LogP contribution >= 0.6 is 0 Å². The van der Waals surface area contributed by atoms with Gasteiger partial charge < -0.3 is 25.4 Å². The van der Waals surface area contributed by atoms with Gasteiger partial charge in [-0.3, -0.25) is 0 Å². The van der Waals surface area contributed by atoms with Gasteiger partial charge in [-0.2, -0.15) is 0 Å². The highest BCUT2D eigenvalue weighted by atomic mass is 16.5. The van der Waals surface area contributed by atoms with Crippen LogP contribution in [0.1, 0.15) is 23.6 Å². The maximum absolute atomic E-state index is 10.8. The minimum Gasteiger partial charge on any atom is -0.508 e. The number of benzene rings is 2. The van der Waals surface area contributed by atoms with E-state index in [1.807, 2.05) is 26.0 Å². The normalized spacial score (nSPS) is 11.8. The fourth-order valence-corrected chi connectivity index (χ4v) is 2.71. The van der Waals surface area contributed by atoms with Gasteiger partial charge in [0, 0.05) is 0 Å². The SMILES string of the molecule is CCc1cc(CC(CO)NC(=O)O)cc(C)c1Oc1ccc(O)cc1. The lowest BCUT2D eigenvalue weighted by molar-refractivity contribution is 0.177. The van der Waals surface area contributed by atoms with Crippen molar-refractivity contribution in [2.75, 3.05) is 6.61 Å². The molecule has 1 amide bonds. The van der Waals surface area contributed by atoms with Gasteiger partial charge in [0.2, 0.25) is 0 Å². The molecule has 0 spiro atoms. The van der Waals surface area contributed by atoms with Crippen molar-refractivity contribution < 1.29 is 24.9 Å². The van der Waals surface area contributed by atoms with Crippen molar-refractivity contribution in [2.45, 2.75) is 32.7 Å². The molecule has 0 heterocycles. The van der Waals surface area contributed by atoms with E-state index in [0.29, 0.717) is 12.2 Å². The molecule has 2 aromatic rings. The third kappa shape index (κ3) is 5.12. The number of amides is 1. The number of aliphatic hydroxyl groups is 1. The number of aromatic hydroxyl groups is 1. The molecule has 2 aromatic carbocycles. The van der Waals surface area contributed by atoms with E-state index in [1.165, 1.54) is 0 Å². The maximum atomic E-state index is 10.8. The number of nitrogens with one attached hydrogen (secondary N) is 1.